The molecule has 100 valence electrons. The van der Waals surface area contributed by atoms with Crippen molar-refractivity contribution in [1.29, 1.82) is 0 Å². The summed E-state index contributed by atoms with van der Waals surface area (Å²) in [5, 5.41) is 2.96. The van der Waals surface area contributed by atoms with Crippen LogP contribution in [-0.2, 0) is 17.3 Å². The average Bonchev–Trinajstić information content (AvgIpc) is 2.24. The molecule has 1 saturated heterocycles. The zero-order valence-electron chi connectivity index (χ0n) is 9.77. The monoisotopic (exact) mass is 263 g/mol. The second-order valence-corrected chi connectivity index (χ2v) is 4.47. The molecule has 1 aliphatic rings. The fourth-order valence-corrected chi connectivity index (χ4v) is 2.06. The molecule has 1 N–H and O–H groups in total. The Labute approximate surface area is 102 Å². The Morgan fingerprint density at radius 3 is 2.44 bits per heavy atom. The first kappa shape index (κ1) is 13.3. The fraction of sp³-hybridized carbons (Fsp3) is 0.500. The molecular weight excluding hydrogens is 250 g/mol. The highest BCUT2D eigenvalue weighted by molar-refractivity contribution is 5.32. The highest BCUT2D eigenvalue weighted by Gasteiger charge is 2.41. The van der Waals surface area contributed by atoms with Gasteiger partial charge >= 0.3 is 6.18 Å². The van der Waals surface area contributed by atoms with E-state index in [1.54, 1.807) is 0 Å². The number of methoxy groups -OCH3 is 1. The van der Waals surface area contributed by atoms with Crippen molar-refractivity contribution in [3.05, 3.63) is 35.1 Å². The molecule has 0 amide bonds. The van der Waals surface area contributed by atoms with E-state index in [1.807, 2.05) is 0 Å². The van der Waals surface area contributed by atoms with Crippen LogP contribution >= 0.6 is 0 Å². The first-order valence-electron chi connectivity index (χ1n) is 5.48. The Hall–Kier alpha value is -1.14. The van der Waals surface area contributed by atoms with Crippen LogP contribution in [0.15, 0.2) is 18.2 Å². The fourth-order valence-electron chi connectivity index (χ4n) is 2.06. The molecule has 2 rings (SSSR count). The smallest absolute Gasteiger partial charge is 0.375 e. The highest BCUT2D eigenvalue weighted by Crippen LogP contribution is 2.35. The van der Waals surface area contributed by atoms with Crippen LogP contribution < -0.4 is 5.32 Å². The summed E-state index contributed by atoms with van der Waals surface area (Å²) in [6, 6.07) is 2.75. The predicted octanol–water partition coefficient (Wildman–Crippen LogP) is 2.38. The number of nitrogens with one attached hydrogen (secondary N) is 1. The lowest BCUT2D eigenvalue weighted by Crippen LogP contribution is -2.62. The minimum absolute atomic E-state index is 0.0623. The molecule has 1 aliphatic heterocycles. The summed E-state index contributed by atoms with van der Waals surface area (Å²) >= 11 is 0. The minimum Gasteiger partial charge on any atom is -0.375 e. The van der Waals surface area contributed by atoms with Gasteiger partial charge in [-0.3, -0.25) is 0 Å². The van der Waals surface area contributed by atoms with Crippen LogP contribution in [0.4, 0.5) is 17.6 Å². The Bertz CT molecular complexity index is 435. The normalized spacial score (nSPS) is 18.5. The van der Waals surface area contributed by atoms with E-state index in [0.717, 1.165) is 6.07 Å². The quantitative estimate of drug-likeness (QED) is 0.845. The van der Waals surface area contributed by atoms with Crippen molar-refractivity contribution >= 4 is 0 Å². The lowest BCUT2D eigenvalue weighted by molar-refractivity contribution is -0.139. The number of alkyl halides is 3. The number of rotatable bonds is 3. The van der Waals surface area contributed by atoms with Crippen molar-refractivity contribution in [2.75, 3.05) is 20.2 Å². The molecular formula is C12H13F4NO. The summed E-state index contributed by atoms with van der Waals surface area (Å²) in [6.07, 6.45) is -4.44. The number of hydrogen-bond acceptors (Lipinski definition) is 2. The van der Waals surface area contributed by atoms with Crippen LogP contribution in [0.25, 0.3) is 0 Å². The zero-order valence-corrected chi connectivity index (χ0v) is 9.77. The largest absolute Gasteiger partial charge is 0.416 e. The van der Waals surface area contributed by atoms with Gasteiger partial charge in [0.2, 0.25) is 0 Å². The lowest BCUT2D eigenvalue weighted by atomic mass is 9.87. The van der Waals surface area contributed by atoms with Gasteiger partial charge in [-0.2, -0.15) is 13.2 Å². The van der Waals surface area contributed by atoms with Crippen LogP contribution in [0.2, 0.25) is 0 Å². The van der Waals surface area contributed by atoms with Gasteiger partial charge in [-0.1, -0.05) is 6.07 Å². The molecule has 18 heavy (non-hydrogen) atoms. The molecule has 0 atom stereocenters. The maximum absolute atomic E-state index is 12.9. The van der Waals surface area contributed by atoms with E-state index >= 15 is 0 Å². The SMILES string of the molecule is COC1(Cc2ccc(F)cc2C(F)(F)F)CNC1. The van der Waals surface area contributed by atoms with E-state index in [9.17, 15) is 17.6 Å². The van der Waals surface area contributed by atoms with Gasteiger partial charge in [0.05, 0.1) is 11.2 Å². The van der Waals surface area contributed by atoms with Crippen LogP contribution in [0, 0.1) is 5.82 Å². The lowest BCUT2D eigenvalue weighted by Gasteiger charge is -2.41. The van der Waals surface area contributed by atoms with Gasteiger partial charge in [-0.15, -0.1) is 0 Å². The van der Waals surface area contributed by atoms with Crippen LogP contribution in [0.1, 0.15) is 11.1 Å². The van der Waals surface area contributed by atoms with E-state index in [0.29, 0.717) is 19.2 Å². The molecule has 6 heteroatoms. The topological polar surface area (TPSA) is 21.3 Å². The summed E-state index contributed by atoms with van der Waals surface area (Å²) in [6.45, 7) is 0.996. The average molecular weight is 263 g/mol. The van der Waals surface area contributed by atoms with Gasteiger partial charge in [0.15, 0.2) is 0 Å². The summed E-state index contributed by atoms with van der Waals surface area (Å²) in [7, 11) is 1.47. The molecule has 0 spiro atoms. The second kappa shape index (κ2) is 4.51. The van der Waals surface area contributed by atoms with Crippen molar-refractivity contribution < 1.29 is 22.3 Å². The van der Waals surface area contributed by atoms with Crippen molar-refractivity contribution in [1.82, 2.24) is 5.32 Å². The molecule has 0 unspecified atom stereocenters. The van der Waals surface area contributed by atoms with E-state index in [-0.39, 0.29) is 12.0 Å². The van der Waals surface area contributed by atoms with Crippen molar-refractivity contribution in [3.63, 3.8) is 0 Å². The Kier molecular flexibility index (Phi) is 3.33. The highest BCUT2D eigenvalue weighted by atomic mass is 19.4. The van der Waals surface area contributed by atoms with E-state index < -0.39 is 23.2 Å². The van der Waals surface area contributed by atoms with E-state index in [2.05, 4.69) is 5.32 Å². The molecule has 0 aliphatic carbocycles. The molecule has 0 saturated carbocycles. The maximum Gasteiger partial charge on any atom is 0.416 e. The van der Waals surface area contributed by atoms with Crippen molar-refractivity contribution in [2.45, 2.75) is 18.2 Å². The number of hydrogen-bond donors (Lipinski definition) is 1. The van der Waals surface area contributed by atoms with Gasteiger partial charge in [0.1, 0.15) is 5.82 Å². The number of benzene rings is 1. The first-order valence-corrected chi connectivity index (χ1v) is 5.48. The van der Waals surface area contributed by atoms with Crippen LogP contribution in [-0.4, -0.2) is 25.8 Å². The number of ether oxygens (including phenoxy) is 1. The van der Waals surface area contributed by atoms with Crippen LogP contribution in [0.5, 0.6) is 0 Å². The van der Waals surface area contributed by atoms with E-state index in [1.165, 1.54) is 13.2 Å². The van der Waals surface area contributed by atoms with Gasteiger partial charge in [-0.05, 0) is 17.7 Å². The van der Waals surface area contributed by atoms with Gasteiger partial charge in [0, 0.05) is 26.6 Å². The third kappa shape index (κ3) is 2.49. The maximum atomic E-state index is 12.9. The minimum atomic E-state index is -4.55. The Balaban J connectivity index is 2.32. The molecule has 1 heterocycles. The Morgan fingerprint density at radius 2 is 2.00 bits per heavy atom. The third-order valence-corrected chi connectivity index (χ3v) is 3.22. The molecule has 0 aromatic heterocycles. The molecule has 1 aromatic carbocycles. The van der Waals surface area contributed by atoms with Crippen LogP contribution in [0.3, 0.4) is 0 Å². The molecule has 0 radical (unpaired) electrons. The Morgan fingerprint density at radius 1 is 1.33 bits per heavy atom. The van der Waals surface area contributed by atoms with Gasteiger partial charge in [0.25, 0.3) is 0 Å². The molecule has 1 fully saturated rings. The number of halogens is 4. The molecule has 2 nitrogen and oxygen atoms in total. The standard InChI is InChI=1S/C12H13F4NO/c1-18-11(6-17-7-11)5-8-2-3-9(13)4-10(8)12(14,15)16/h2-4,17H,5-7H2,1H3. The summed E-state index contributed by atoms with van der Waals surface area (Å²) in [5.41, 5.74) is -1.48. The van der Waals surface area contributed by atoms with Crippen molar-refractivity contribution in [2.24, 2.45) is 0 Å². The predicted molar refractivity (Wildman–Crippen MR) is 57.7 cm³/mol. The second-order valence-electron chi connectivity index (χ2n) is 4.47. The molecule has 1 aromatic rings. The van der Waals surface area contributed by atoms with Gasteiger partial charge in [-0.25, -0.2) is 4.39 Å². The third-order valence-electron chi connectivity index (χ3n) is 3.22. The molecule has 0 bridgehead atoms. The zero-order chi connectivity index (χ0) is 13.4. The van der Waals surface area contributed by atoms with Crippen molar-refractivity contribution in [3.8, 4) is 0 Å². The summed E-state index contributed by atoms with van der Waals surface area (Å²) in [5.74, 6) is -0.885. The first-order chi connectivity index (χ1) is 8.36. The van der Waals surface area contributed by atoms with Gasteiger partial charge < -0.3 is 10.1 Å². The summed E-state index contributed by atoms with van der Waals surface area (Å²) < 4.78 is 56.6. The van der Waals surface area contributed by atoms with E-state index in [4.69, 9.17) is 4.74 Å². The summed E-state index contributed by atoms with van der Waals surface area (Å²) in [4.78, 5) is 0.